The largest absolute Gasteiger partial charge is 0.367 e. The van der Waals surface area contributed by atoms with Crippen molar-refractivity contribution in [3.8, 4) is 12.2 Å². The third-order valence-corrected chi connectivity index (χ3v) is 1.53. The number of rotatable bonds is 1. The molecule has 0 aromatic rings. The molecule has 0 saturated carbocycles. The Bertz CT molecular complexity index is 338. The van der Waals surface area contributed by atoms with Gasteiger partial charge in [0.15, 0.2) is 0 Å². The Kier molecular flexibility index (Phi) is 3.13. The first-order chi connectivity index (χ1) is 6.61. The van der Waals surface area contributed by atoms with Crippen LogP contribution in [-0.4, -0.2) is 30.0 Å². The second-order valence-electron chi connectivity index (χ2n) is 2.77. The predicted molar refractivity (Wildman–Crippen MR) is 48.8 cm³/mol. The van der Waals surface area contributed by atoms with Gasteiger partial charge < -0.3 is 10.1 Å². The number of carbonyl (C=O) groups is 2. The van der Waals surface area contributed by atoms with Gasteiger partial charge in [-0.3, -0.25) is 0 Å². The van der Waals surface area contributed by atoms with E-state index in [1.165, 1.54) is 11.8 Å². The third kappa shape index (κ3) is 2.52. The predicted octanol–water partition coefficient (Wildman–Crippen LogP) is 0.0493. The Balaban J connectivity index is 2.44. The number of ether oxygens (including phenoxy) is 1. The first-order valence-electron chi connectivity index (χ1n) is 4.04. The van der Waals surface area contributed by atoms with Gasteiger partial charge >= 0.3 is 12.0 Å². The van der Waals surface area contributed by atoms with Crippen LogP contribution in [0.2, 0.25) is 0 Å². The zero-order valence-corrected chi connectivity index (χ0v) is 7.79. The van der Waals surface area contributed by atoms with Gasteiger partial charge in [0.25, 0.3) is 0 Å². The zero-order chi connectivity index (χ0) is 10.6. The topological polar surface area (TPSA) is 58.6 Å². The molecule has 0 aliphatic carbocycles. The molecule has 0 unspecified atom stereocenters. The monoisotopic (exact) mass is 194 g/mol. The van der Waals surface area contributed by atoms with Crippen LogP contribution in [0.25, 0.3) is 0 Å². The second kappa shape index (κ2) is 4.33. The minimum Gasteiger partial charge on any atom is -0.367 e. The summed E-state index contributed by atoms with van der Waals surface area (Å²) in [7, 11) is 0. The molecule has 74 valence electrons. The molecule has 0 bridgehead atoms. The number of hydrogen-bond donors (Lipinski definition) is 1. The molecule has 1 N–H and O–H groups in total. The molecule has 1 rings (SSSR count). The van der Waals surface area contributed by atoms with E-state index in [0.29, 0.717) is 13.1 Å². The van der Waals surface area contributed by atoms with Crippen molar-refractivity contribution >= 4 is 12.0 Å². The molecule has 1 saturated heterocycles. The summed E-state index contributed by atoms with van der Waals surface area (Å²) in [4.78, 5) is 23.0. The van der Waals surface area contributed by atoms with Crippen molar-refractivity contribution in [2.75, 3.05) is 13.1 Å². The van der Waals surface area contributed by atoms with Crippen LogP contribution in [0, 0.1) is 12.2 Å². The van der Waals surface area contributed by atoms with Gasteiger partial charge in [-0.25, -0.2) is 14.5 Å². The standard InChI is InChI=1S/C9H10N2O3/c1-7(2)8(12)14-6-5-11-4-3-10-9(11)13/h1,3-4H2,2H3,(H,10,13). The number of hydrogen-bond acceptors (Lipinski definition) is 3. The second-order valence-corrected chi connectivity index (χ2v) is 2.77. The maximum atomic E-state index is 10.9. The highest BCUT2D eigenvalue weighted by atomic mass is 16.5. The molecule has 0 radical (unpaired) electrons. The Morgan fingerprint density at radius 3 is 2.93 bits per heavy atom. The lowest BCUT2D eigenvalue weighted by atomic mass is 10.4. The summed E-state index contributed by atoms with van der Waals surface area (Å²) in [6, 6.07) is 2.13. The molecule has 2 amide bonds. The molecule has 0 atom stereocenters. The normalized spacial score (nSPS) is 14.1. The molecule has 1 aliphatic heterocycles. The minimum absolute atomic E-state index is 0.269. The van der Waals surface area contributed by atoms with Crippen molar-refractivity contribution in [3.05, 3.63) is 12.2 Å². The number of carbonyl (C=O) groups excluding carboxylic acids is 2. The molecule has 1 heterocycles. The van der Waals surface area contributed by atoms with Crippen LogP contribution < -0.4 is 5.32 Å². The van der Waals surface area contributed by atoms with Crippen molar-refractivity contribution in [1.82, 2.24) is 10.2 Å². The third-order valence-electron chi connectivity index (χ3n) is 1.53. The fraction of sp³-hybridized carbons (Fsp3) is 0.333. The Labute approximate surface area is 81.7 Å². The van der Waals surface area contributed by atoms with Gasteiger partial charge in [0.1, 0.15) is 6.11 Å². The molecule has 0 aromatic carbocycles. The quantitative estimate of drug-likeness (QED) is 0.364. The van der Waals surface area contributed by atoms with E-state index in [-0.39, 0.29) is 11.6 Å². The van der Waals surface area contributed by atoms with Crippen LogP contribution in [0.3, 0.4) is 0 Å². The lowest BCUT2D eigenvalue weighted by molar-refractivity contribution is -0.132. The van der Waals surface area contributed by atoms with Crippen LogP contribution in [0.4, 0.5) is 4.79 Å². The van der Waals surface area contributed by atoms with Crippen molar-refractivity contribution in [2.24, 2.45) is 0 Å². The van der Waals surface area contributed by atoms with Crippen molar-refractivity contribution in [2.45, 2.75) is 6.92 Å². The molecule has 1 aliphatic rings. The number of nitrogens with one attached hydrogen (secondary N) is 1. The molecular formula is C9H10N2O3. The maximum absolute atomic E-state index is 10.9. The van der Waals surface area contributed by atoms with Gasteiger partial charge in [0.05, 0.1) is 12.6 Å². The van der Waals surface area contributed by atoms with E-state index in [9.17, 15) is 9.59 Å². The summed E-state index contributed by atoms with van der Waals surface area (Å²) in [6.07, 6.45) is 2.14. The van der Waals surface area contributed by atoms with Gasteiger partial charge in [-0.2, -0.15) is 0 Å². The Morgan fingerprint density at radius 1 is 1.71 bits per heavy atom. The highest BCUT2D eigenvalue weighted by Crippen LogP contribution is 1.94. The van der Waals surface area contributed by atoms with Gasteiger partial charge in [-0.05, 0) is 6.92 Å². The van der Waals surface area contributed by atoms with Gasteiger partial charge in [0.2, 0.25) is 0 Å². The van der Waals surface area contributed by atoms with Crippen molar-refractivity contribution in [1.29, 1.82) is 0 Å². The van der Waals surface area contributed by atoms with Crippen LogP contribution in [-0.2, 0) is 9.53 Å². The molecule has 1 fully saturated rings. The lowest BCUT2D eigenvalue weighted by Crippen LogP contribution is -2.23. The van der Waals surface area contributed by atoms with Crippen LogP contribution in [0.15, 0.2) is 12.2 Å². The van der Waals surface area contributed by atoms with Crippen molar-refractivity contribution in [3.63, 3.8) is 0 Å². The Hall–Kier alpha value is -1.96. The summed E-state index contributed by atoms with van der Waals surface area (Å²) in [5.41, 5.74) is 0.269. The average molecular weight is 194 g/mol. The number of urea groups is 1. The van der Waals surface area contributed by atoms with E-state index >= 15 is 0 Å². The van der Waals surface area contributed by atoms with E-state index in [2.05, 4.69) is 28.8 Å². The fourth-order valence-corrected chi connectivity index (χ4v) is 0.790. The number of esters is 1. The Morgan fingerprint density at radius 2 is 2.43 bits per heavy atom. The van der Waals surface area contributed by atoms with Gasteiger partial charge in [-0.1, -0.05) is 6.58 Å². The average Bonchev–Trinajstić information content (AvgIpc) is 2.51. The summed E-state index contributed by atoms with van der Waals surface area (Å²) >= 11 is 0. The smallest absolute Gasteiger partial charge is 0.347 e. The number of nitrogens with zero attached hydrogens (tertiary/aromatic N) is 1. The first kappa shape index (κ1) is 10.1. The van der Waals surface area contributed by atoms with Crippen LogP contribution in [0.5, 0.6) is 0 Å². The summed E-state index contributed by atoms with van der Waals surface area (Å²) in [6.45, 7) is 5.96. The highest BCUT2D eigenvalue weighted by molar-refractivity contribution is 5.87. The van der Waals surface area contributed by atoms with E-state index in [0.717, 1.165) is 0 Å². The molecule has 5 heteroatoms. The molecule has 14 heavy (non-hydrogen) atoms. The summed E-state index contributed by atoms with van der Waals surface area (Å²) < 4.78 is 4.49. The molecule has 0 spiro atoms. The minimum atomic E-state index is -0.586. The van der Waals surface area contributed by atoms with Crippen LogP contribution >= 0.6 is 0 Å². The van der Waals surface area contributed by atoms with E-state index in [1.54, 1.807) is 0 Å². The summed E-state index contributed by atoms with van der Waals surface area (Å²) in [5, 5.41) is 2.56. The van der Waals surface area contributed by atoms with Crippen LogP contribution in [0.1, 0.15) is 6.92 Å². The SMILES string of the molecule is C=C(C)C(=O)OC#CN1CCNC1=O. The van der Waals surface area contributed by atoms with E-state index in [1.807, 2.05) is 0 Å². The molecule has 5 nitrogen and oxygen atoms in total. The zero-order valence-electron chi connectivity index (χ0n) is 7.79. The summed E-state index contributed by atoms with van der Waals surface area (Å²) in [5.74, 6) is -0.586. The van der Waals surface area contributed by atoms with Crippen molar-refractivity contribution < 1.29 is 14.3 Å². The molecule has 0 aromatic heterocycles. The number of amides is 2. The van der Waals surface area contributed by atoms with E-state index in [4.69, 9.17) is 0 Å². The molecular weight excluding hydrogens is 184 g/mol. The van der Waals surface area contributed by atoms with Gasteiger partial charge in [-0.15, -0.1) is 0 Å². The maximum Gasteiger partial charge on any atom is 0.347 e. The lowest BCUT2D eigenvalue weighted by Gasteiger charge is -2.01. The van der Waals surface area contributed by atoms with E-state index < -0.39 is 5.97 Å². The fourth-order valence-electron chi connectivity index (χ4n) is 0.790. The highest BCUT2D eigenvalue weighted by Gasteiger charge is 2.17. The first-order valence-corrected chi connectivity index (χ1v) is 4.04. The van der Waals surface area contributed by atoms with Gasteiger partial charge in [0, 0.05) is 12.1 Å².